The van der Waals surface area contributed by atoms with E-state index in [1.807, 2.05) is 110 Å². The molecule has 6 aromatic carbocycles. The van der Waals surface area contributed by atoms with Gasteiger partial charge in [-0.15, -0.1) is 0 Å². The average molecular weight is 581 g/mol. The van der Waals surface area contributed by atoms with E-state index in [1.165, 1.54) is 0 Å². The highest BCUT2D eigenvalue weighted by Crippen LogP contribution is 2.48. The molecular weight excluding hydrogens is 548 g/mol. The van der Waals surface area contributed by atoms with E-state index in [2.05, 4.69) is 0 Å². The van der Waals surface area contributed by atoms with Crippen molar-refractivity contribution in [3.8, 4) is 39.9 Å². The van der Waals surface area contributed by atoms with Crippen LogP contribution in [0.15, 0.2) is 127 Å². The average Bonchev–Trinajstić information content (AvgIpc) is 3.08. The zero-order valence-electron chi connectivity index (χ0n) is 24.7. The van der Waals surface area contributed by atoms with Crippen molar-refractivity contribution in [3.05, 3.63) is 150 Å². The van der Waals surface area contributed by atoms with E-state index < -0.39 is 0 Å². The molecule has 0 fully saturated rings. The zero-order chi connectivity index (χ0) is 30.3. The van der Waals surface area contributed by atoms with E-state index in [0.29, 0.717) is 30.3 Å². The van der Waals surface area contributed by atoms with Crippen molar-refractivity contribution in [1.29, 1.82) is 0 Å². The second-order valence-electron chi connectivity index (χ2n) is 10.4. The summed E-state index contributed by atoms with van der Waals surface area (Å²) in [6.07, 6.45) is 0.820. The zero-order valence-corrected chi connectivity index (χ0v) is 24.7. The molecule has 44 heavy (non-hydrogen) atoms. The summed E-state index contributed by atoms with van der Waals surface area (Å²) in [7, 11) is 1.68. The number of rotatable bonds is 11. The molecule has 0 N–H and O–H groups in total. The molecule has 0 heterocycles. The molecule has 0 saturated carbocycles. The minimum atomic E-state index is 0.455. The van der Waals surface area contributed by atoms with Gasteiger partial charge in [-0.1, -0.05) is 72.8 Å². The van der Waals surface area contributed by atoms with Crippen LogP contribution >= 0.6 is 0 Å². The quantitative estimate of drug-likeness (QED) is 0.143. The highest BCUT2D eigenvalue weighted by Gasteiger charge is 2.22. The largest absolute Gasteiger partial charge is 0.496 e. The molecule has 5 nitrogen and oxygen atoms in total. The first-order valence-electron chi connectivity index (χ1n) is 14.4. The lowest BCUT2D eigenvalue weighted by molar-refractivity contribution is 0.112. The molecule has 0 unspecified atom stereocenters. The fourth-order valence-electron chi connectivity index (χ4n) is 5.27. The summed E-state index contributed by atoms with van der Waals surface area (Å²) < 4.78 is 24.8. The number of benzene rings is 6. The van der Waals surface area contributed by atoms with Crippen LogP contribution in [0.25, 0.3) is 21.9 Å². The first-order chi connectivity index (χ1) is 21.6. The third-order valence-corrected chi connectivity index (χ3v) is 7.50. The van der Waals surface area contributed by atoms with Crippen LogP contribution in [0, 0.1) is 6.92 Å². The summed E-state index contributed by atoms with van der Waals surface area (Å²) in [6.45, 7) is 2.98. The number of hydrogen-bond acceptors (Lipinski definition) is 5. The monoisotopic (exact) mass is 580 g/mol. The number of aldehydes is 1. The minimum Gasteiger partial charge on any atom is -0.496 e. The Balaban J connectivity index is 1.40. The van der Waals surface area contributed by atoms with Gasteiger partial charge >= 0.3 is 0 Å². The van der Waals surface area contributed by atoms with Gasteiger partial charge in [-0.2, -0.15) is 0 Å². The lowest BCUT2D eigenvalue weighted by Gasteiger charge is -2.21. The van der Waals surface area contributed by atoms with Crippen molar-refractivity contribution in [2.24, 2.45) is 0 Å². The SMILES string of the molecule is COc1c(C)c(-c2ccc(OCc3ccccc3)cc2)c(Oc2ccc(C=O)cc2)c2ccc(OCc3ccccc3)cc12. The first-order valence-corrected chi connectivity index (χ1v) is 14.4. The number of hydrogen-bond donors (Lipinski definition) is 0. The Morgan fingerprint density at radius 2 is 1.16 bits per heavy atom. The van der Waals surface area contributed by atoms with Gasteiger partial charge in [0, 0.05) is 27.5 Å². The molecule has 0 atom stereocenters. The highest BCUT2D eigenvalue weighted by molar-refractivity contribution is 6.02. The van der Waals surface area contributed by atoms with Gasteiger partial charge in [0.05, 0.1) is 7.11 Å². The maximum absolute atomic E-state index is 11.3. The predicted molar refractivity (Wildman–Crippen MR) is 174 cm³/mol. The van der Waals surface area contributed by atoms with E-state index >= 15 is 0 Å². The first kappa shape index (κ1) is 28.6. The van der Waals surface area contributed by atoms with Crippen LogP contribution in [0.2, 0.25) is 0 Å². The smallest absolute Gasteiger partial charge is 0.150 e. The molecule has 218 valence electrons. The summed E-state index contributed by atoms with van der Waals surface area (Å²) in [5, 5.41) is 1.75. The van der Waals surface area contributed by atoms with Crippen molar-refractivity contribution < 1.29 is 23.7 Å². The third kappa shape index (κ3) is 6.27. The minimum absolute atomic E-state index is 0.455. The van der Waals surface area contributed by atoms with Crippen molar-refractivity contribution >= 4 is 17.1 Å². The van der Waals surface area contributed by atoms with Crippen molar-refractivity contribution in [2.45, 2.75) is 20.1 Å². The molecule has 0 aliphatic heterocycles. The summed E-state index contributed by atoms with van der Waals surface area (Å²) in [5.41, 5.74) is 5.57. The lowest BCUT2D eigenvalue weighted by Crippen LogP contribution is -2.00. The molecule has 5 heteroatoms. The summed E-state index contributed by atoms with van der Waals surface area (Å²) in [5.74, 6) is 3.55. The van der Waals surface area contributed by atoms with Crippen LogP contribution in [0.4, 0.5) is 0 Å². The van der Waals surface area contributed by atoms with Gasteiger partial charge in [-0.05, 0) is 78.2 Å². The van der Waals surface area contributed by atoms with Gasteiger partial charge in [-0.25, -0.2) is 0 Å². The fourth-order valence-corrected chi connectivity index (χ4v) is 5.27. The normalized spacial score (nSPS) is 10.8. The van der Waals surface area contributed by atoms with Crippen LogP contribution in [-0.2, 0) is 13.2 Å². The maximum Gasteiger partial charge on any atom is 0.150 e. The van der Waals surface area contributed by atoms with Gasteiger partial charge in [0.2, 0.25) is 0 Å². The van der Waals surface area contributed by atoms with Crippen molar-refractivity contribution in [1.82, 2.24) is 0 Å². The molecular formula is C39H32O5. The number of methoxy groups -OCH3 is 1. The van der Waals surface area contributed by atoms with Gasteiger partial charge in [-0.3, -0.25) is 4.79 Å². The molecule has 0 spiro atoms. The maximum atomic E-state index is 11.3. The number of carbonyl (C=O) groups is 1. The molecule has 6 aromatic rings. The third-order valence-electron chi connectivity index (χ3n) is 7.50. The van der Waals surface area contributed by atoms with Crippen molar-refractivity contribution in [3.63, 3.8) is 0 Å². The number of fused-ring (bicyclic) bond motifs is 1. The van der Waals surface area contributed by atoms with Crippen LogP contribution in [0.5, 0.6) is 28.7 Å². The van der Waals surface area contributed by atoms with Crippen LogP contribution < -0.4 is 18.9 Å². The molecule has 0 radical (unpaired) electrons. The van der Waals surface area contributed by atoms with Crippen molar-refractivity contribution in [2.75, 3.05) is 7.11 Å². The summed E-state index contributed by atoms with van der Waals surface area (Å²) in [4.78, 5) is 11.3. The van der Waals surface area contributed by atoms with Crippen LogP contribution in [0.3, 0.4) is 0 Å². The molecule has 0 aliphatic rings. The Kier molecular flexibility index (Phi) is 8.55. The number of carbonyl (C=O) groups excluding carboxylic acids is 1. The van der Waals surface area contributed by atoms with Gasteiger partial charge in [0.25, 0.3) is 0 Å². The van der Waals surface area contributed by atoms with E-state index in [4.69, 9.17) is 18.9 Å². The second kappa shape index (κ2) is 13.2. The Hall–Kier alpha value is -5.55. The summed E-state index contributed by atoms with van der Waals surface area (Å²) >= 11 is 0. The Morgan fingerprint density at radius 1 is 0.591 bits per heavy atom. The summed E-state index contributed by atoms with van der Waals surface area (Å²) in [6, 6.07) is 41.2. The molecule has 0 amide bonds. The topological polar surface area (TPSA) is 54.0 Å². The predicted octanol–water partition coefficient (Wildman–Crippen LogP) is 9.59. The van der Waals surface area contributed by atoms with Gasteiger partial charge in [0.15, 0.2) is 0 Å². The lowest BCUT2D eigenvalue weighted by atomic mass is 9.93. The molecule has 0 saturated heterocycles. The van der Waals surface area contributed by atoms with E-state index in [-0.39, 0.29) is 0 Å². The van der Waals surface area contributed by atoms with Gasteiger partial charge < -0.3 is 18.9 Å². The highest BCUT2D eigenvalue weighted by atomic mass is 16.5. The molecule has 0 aliphatic carbocycles. The Morgan fingerprint density at radius 3 is 1.75 bits per heavy atom. The molecule has 0 bridgehead atoms. The fraction of sp³-hybridized carbons (Fsp3) is 0.103. The molecule has 0 aromatic heterocycles. The number of ether oxygens (including phenoxy) is 4. The van der Waals surface area contributed by atoms with E-state index in [1.54, 1.807) is 31.4 Å². The Bertz CT molecular complexity index is 1860. The van der Waals surface area contributed by atoms with Crippen LogP contribution in [0.1, 0.15) is 27.0 Å². The van der Waals surface area contributed by atoms with E-state index in [9.17, 15) is 4.79 Å². The Labute approximate surface area is 257 Å². The van der Waals surface area contributed by atoms with Crippen LogP contribution in [-0.4, -0.2) is 13.4 Å². The van der Waals surface area contributed by atoms with Gasteiger partial charge in [0.1, 0.15) is 48.2 Å². The molecule has 6 rings (SSSR count). The van der Waals surface area contributed by atoms with E-state index in [0.717, 1.165) is 62.1 Å². The standard InChI is InChI=1S/C39H32O5/c1-27-37(31-15-19-32(20-16-31)42-25-29-9-5-3-6-10-29)39(44-33-17-13-28(24-40)14-18-33)35-22-21-34(23-36(35)38(27)41-2)43-26-30-11-7-4-8-12-30/h3-24H,25-26H2,1-2H3. The second-order valence-corrected chi connectivity index (χ2v) is 10.4.